The minimum absolute atomic E-state index is 0.0244. The summed E-state index contributed by atoms with van der Waals surface area (Å²) in [6.45, 7) is 2.09. The third-order valence-corrected chi connectivity index (χ3v) is 2.12. The summed E-state index contributed by atoms with van der Waals surface area (Å²) >= 11 is 0. The lowest BCUT2D eigenvalue weighted by atomic mass is 10.3. The summed E-state index contributed by atoms with van der Waals surface area (Å²) in [4.78, 5) is 18.9. The Morgan fingerprint density at radius 3 is 2.93 bits per heavy atom. The van der Waals surface area contributed by atoms with E-state index in [-0.39, 0.29) is 5.43 Å². The van der Waals surface area contributed by atoms with E-state index in [0.717, 1.165) is 24.2 Å². The number of H-pyrrole nitrogens is 1. The zero-order chi connectivity index (χ0) is 9.97. The van der Waals surface area contributed by atoms with Crippen LogP contribution in [0.1, 0.15) is 19.2 Å². The monoisotopic (exact) mass is 188 g/mol. The quantitative estimate of drug-likeness (QED) is 0.782. The van der Waals surface area contributed by atoms with Gasteiger partial charge in [0.15, 0.2) is 0 Å². The highest BCUT2D eigenvalue weighted by atomic mass is 16.1. The molecule has 0 atom stereocenters. The lowest BCUT2D eigenvalue weighted by Gasteiger charge is -1.87. The van der Waals surface area contributed by atoms with Crippen LogP contribution in [0.5, 0.6) is 0 Å². The molecule has 0 saturated carbocycles. The Labute approximate surface area is 81.8 Å². The van der Waals surface area contributed by atoms with Gasteiger partial charge in [0.1, 0.15) is 11.3 Å². The van der Waals surface area contributed by atoms with Crippen LogP contribution < -0.4 is 5.43 Å². The molecule has 1 heterocycles. The summed E-state index contributed by atoms with van der Waals surface area (Å²) in [7, 11) is 0. The number of aryl methyl sites for hydroxylation is 1. The van der Waals surface area contributed by atoms with Gasteiger partial charge in [-0.25, -0.2) is 4.98 Å². The topological polar surface area (TPSA) is 45.8 Å². The van der Waals surface area contributed by atoms with Gasteiger partial charge in [-0.1, -0.05) is 19.1 Å². The Hall–Kier alpha value is -1.64. The fourth-order valence-corrected chi connectivity index (χ4v) is 1.48. The highest BCUT2D eigenvalue weighted by Crippen LogP contribution is 2.06. The molecule has 1 aromatic carbocycles. The molecule has 0 aliphatic rings. The number of hydrogen-bond acceptors (Lipinski definition) is 2. The standard InChI is InChI=1S/C11H12N2O/c1-2-5-10-12-8-6-3-4-7-9(14)11(8)13-10/h3-4,6-7H,2,5H2,1H3,(H,12,13). The number of aromatic nitrogens is 2. The van der Waals surface area contributed by atoms with Crippen LogP contribution in [0.25, 0.3) is 11.0 Å². The van der Waals surface area contributed by atoms with Gasteiger partial charge in [-0.3, -0.25) is 4.79 Å². The summed E-state index contributed by atoms with van der Waals surface area (Å²) in [5, 5.41) is 0. The number of nitrogens with zero attached hydrogens (tertiary/aromatic N) is 1. The zero-order valence-electron chi connectivity index (χ0n) is 8.08. The van der Waals surface area contributed by atoms with Crippen molar-refractivity contribution >= 4 is 11.0 Å². The van der Waals surface area contributed by atoms with E-state index in [1.165, 1.54) is 0 Å². The molecule has 2 rings (SSSR count). The maximum atomic E-state index is 11.5. The van der Waals surface area contributed by atoms with Gasteiger partial charge in [-0.2, -0.15) is 0 Å². The summed E-state index contributed by atoms with van der Waals surface area (Å²) in [6, 6.07) is 7.00. The van der Waals surface area contributed by atoms with Gasteiger partial charge in [0.25, 0.3) is 0 Å². The maximum absolute atomic E-state index is 11.5. The van der Waals surface area contributed by atoms with E-state index >= 15 is 0 Å². The van der Waals surface area contributed by atoms with Crippen molar-refractivity contribution in [1.82, 2.24) is 9.97 Å². The number of aromatic amines is 1. The van der Waals surface area contributed by atoms with Crippen molar-refractivity contribution in [2.75, 3.05) is 0 Å². The average molecular weight is 188 g/mol. The van der Waals surface area contributed by atoms with Crippen molar-refractivity contribution in [2.24, 2.45) is 0 Å². The van der Waals surface area contributed by atoms with Gasteiger partial charge in [0.05, 0.1) is 5.52 Å². The summed E-state index contributed by atoms with van der Waals surface area (Å²) < 4.78 is 0. The molecule has 0 unspecified atom stereocenters. The Kier molecular flexibility index (Phi) is 2.31. The van der Waals surface area contributed by atoms with Gasteiger partial charge < -0.3 is 4.98 Å². The second-order valence-corrected chi connectivity index (χ2v) is 3.28. The minimum atomic E-state index is -0.0244. The van der Waals surface area contributed by atoms with Gasteiger partial charge in [-0.05, 0) is 18.6 Å². The second kappa shape index (κ2) is 3.62. The third-order valence-electron chi connectivity index (χ3n) is 2.12. The summed E-state index contributed by atoms with van der Waals surface area (Å²) in [5.74, 6) is 0.894. The van der Waals surface area contributed by atoms with Crippen LogP contribution in [0.4, 0.5) is 0 Å². The zero-order valence-corrected chi connectivity index (χ0v) is 8.08. The van der Waals surface area contributed by atoms with Crippen molar-refractivity contribution in [3.05, 3.63) is 40.3 Å². The van der Waals surface area contributed by atoms with E-state index in [2.05, 4.69) is 16.9 Å². The maximum Gasteiger partial charge on any atom is 0.206 e. The first-order chi connectivity index (χ1) is 6.81. The lowest BCUT2D eigenvalue weighted by Crippen LogP contribution is -1.95. The Bertz CT molecular complexity index is 502. The van der Waals surface area contributed by atoms with Crippen molar-refractivity contribution in [2.45, 2.75) is 19.8 Å². The van der Waals surface area contributed by atoms with Crippen molar-refractivity contribution in [3.8, 4) is 0 Å². The molecule has 2 aromatic rings. The molecule has 0 aliphatic heterocycles. The minimum Gasteiger partial charge on any atom is -0.342 e. The highest BCUT2D eigenvalue weighted by Gasteiger charge is 2.02. The van der Waals surface area contributed by atoms with Gasteiger partial charge in [0, 0.05) is 6.42 Å². The Morgan fingerprint density at radius 1 is 1.36 bits per heavy atom. The molecule has 3 nitrogen and oxygen atoms in total. The molecule has 3 heteroatoms. The van der Waals surface area contributed by atoms with Crippen LogP contribution >= 0.6 is 0 Å². The van der Waals surface area contributed by atoms with Crippen LogP contribution in [0.15, 0.2) is 29.1 Å². The van der Waals surface area contributed by atoms with Crippen LogP contribution in [0, 0.1) is 0 Å². The van der Waals surface area contributed by atoms with Gasteiger partial charge >= 0.3 is 0 Å². The van der Waals surface area contributed by atoms with E-state index in [9.17, 15) is 4.79 Å². The van der Waals surface area contributed by atoms with Gasteiger partial charge in [-0.15, -0.1) is 0 Å². The molecule has 72 valence electrons. The van der Waals surface area contributed by atoms with E-state index in [4.69, 9.17) is 0 Å². The molecule has 0 bridgehead atoms. The molecular formula is C11H12N2O. The van der Waals surface area contributed by atoms with E-state index in [1.54, 1.807) is 12.1 Å². The average Bonchev–Trinajstić information content (AvgIpc) is 2.49. The van der Waals surface area contributed by atoms with Gasteiger partial charge in [0.2, 0.25) is 5.43 Å². The van der Waals surface area contributed by atoms with E-state index in [1.807, 2.05) is 12.1 Å². The fraction of sp³-hybridized carbons (Fsp3) is 0.273. The Balaban J connectivity index is 2.68. The van der Waals surface area contributed by atoms with Crippen molar-refractivity contribution in [1.29, 1.82) is 0 Å². The first kappa shape index (κ1) is 8.94. The first-order valence-electron chi connectivity index (χ1n) is 4.79. The smallest absolute Gasteiger partial charge is 0.206 e. The van der Waals surface area contributed by atoms with Crippen molar-refractivity contribution in [3.63, 3.8) is 0 Å². The molecule has 0 aliphatic carbocycles. The fourth-order valence-electron chi connectivity index (χ4n) is 1.48. The Morgan fingerprint density at radius 2 is 2.14 bits per heavy atom. The molecule has 0 saturated heterocycles. The lowest BCUT2D eigenvalue weighted by molar-refractivity contribution is 0.861. The van der Waals surface area contributed by atoms with Crippen LogP contribution in [0.3, 0.4) is 0 Å². The predicted octanol–water partition coefficient (Wildman–Crippen LogP) is 1.88. The molecule has 0 spiro atoms. The molecule has 0 fully saturated rings. The second-order valence-electron chi connectivity index (χ2n) is 3.28. The molecule has 1 aromatic heterocycles. The first-order valence-corrected chi connectivity index (χ1v) is 4.79. The largest absolute Gasteiger partial charge is 0.342 e. The molecule has 1 N–H and O–H groups in total. The normalized spacial score (nSPS) is 10.6. The van der Waals surface area contributed by atoms with Crippen LogP contribution in [-0.4, -0.2) is 9.97 Å². The number of imidazole rings is 1. The molecule has 14 heavy (non-hydrogen) atoms. The SMILES string of the molecule is CCCc1nc2c(=O)ccccc2[nH]1. The molecule has 0 radical (unpaired) electrons. The molecule has 0 amide bonds. The third kappa shape index (κ3) is 1.53. The number of fused-ring (bicyclic) bond motifs is 1. The van der Waals surface area contributed by atoms with Crippen LogP contribution in [0.2, 0.25) is 0 Å². The van der Waals surface area contributed by atoms with E-state index in [0.29, 0.717) is 5.52 Å². The highest BCUT2D eigenvalue weighted by molar-refractivity contribution is 5.73. The number of nitrogens with one attached hydrogen (secondary N) is 1. The number of rotatable bonds is 2. The molecular weight excluding hydrogens is 176 g/mol. The predicted molar refractivity (Wildman–Crippen MR) is 56.4 cm³/mol. The van der Waals surface area contributed by atoms with Crippen LogP contribution in [-0.2, 0) is 6.42 Å². The summed E-state index contributed by atoms with van der Waals surface area (Å²) in [5.41, 5.74) is 1.34. The van der Waals surface area contributed by atoms with Crippen molar-refractivity contribution < 1.29 is 0 Å². The number of hydrogen-bond donors (Lipinski definition) is 1. The van der Waals surface area contributed by atoms with E-state index < -0.39 is 0 Å². The summed E-state index contributed by atoms with van der Waals surface area (Å²) in [6.07, 6.45) is 1.91.